The molecule has 1 aliphatic heterocycles. The van der Waals surface area contributed by atoms with E-state index in [0.29, 0.717) is 6.61 Å². The molecule has 0 fully saturated rings. The van der Waals surface area contributed by atoms with Gasteiger partial charge in [-0.3, -0.25) is 0 Å². The van der Waals surface area contributed by atoms with Gasteiger partial charge in [-0.05, 0) is 17.7 Å². The predicted octanol–water partition coefficient (Wildman–Crippen LogP) is 3.53. The maximum atomic E-state index is 5.33. The largest absolute Gasteiger partial charge is 0.498 e. The summed E-state index contributed by atoms with van der Waals surface area (Å²) in [7, 11) is 3.69. The number of anilines is 1. The molecule has 0 spiro atoms. The minimum atomic E-state index is 0.629. The second-order valence-electron chi connectivity index (χ2n) is 6.43. The van der Waals surface area contributed by atoms with Crippen LogP contribution >= 0.6 is 11.8 Å². The van der Waals surface area contributed by atoms with E-state index in [4.69, 9.17) is 24.4 Å². The molecular formula is C20H23N5O2S. The van der Waals surface area contributed by atoms with Crippen molar-refractivity contribution in [2.45, 2.75) is 24.3 Å². The van der Waals surface area contributed by atoms with Crippen molar-refractivity contribution in [1.29, 1.82) is 0 Å². The molecule has 0 amide bonds. The molecule has 146 valence electrons. The van der Waals surface area contributed by atoms with E-state index in [-0.39, 0.29) is 0 Å². The standard InChI is InChI=1S/C20H23N5O2S/c1-4-16-21-17-18(24(16)2)22-20(23-19(17)25-9-11-27-12-10-25)28-13-14-5-7-15(26-3)8-6-14/h5-9,11H,4,10,12-13H2,1-3H3. The van der Waals surface area contributed by atoms with Crippen LogP contribution in [0.2, 0.25) is 0 Å². The van der Waals surface area contributed by atoms with Gasteiger partial charge in [-0.2, -0.15) is 0 Å². The van der Waals surface area contributed by atoms with Crippen molar-refractivity contribution in [2.24, 2.45) is 7.05 Å². The van der Waals surface area contributed by atoms with Gasteiger partial charge in [-0.15, -0.1) is 0 Å². The Bertz CT molecular complexity index is 1000. The summed E-state index contributed by atoms with van der Waals surface area (Å²) in [6.07, 6.45) is 4.45. The predicted molar refractivity (Wildman–Crippen MR) is 111 cm³/mol. The molecule has 7 nitrogen and oxygen atoms in total. The van der Waals surface area contributed by atoms with Crippen molar-refractivity contribution >= 4 is 28.7 Å². The molecule has 0 bridgehead atoms. The summed E-state index contributed by atoms with van der Waals surface area (Å²) >= 11 is 1.62. The highest BCUT2D eigenvalue weighted by Gasteiger charge is 2.20. The molecule has 3 heterocycles. The number of fused-ring (bicyclic) bond motifs is 1. The molecule has 0 N–H and O–H groups in total. The number of imidazole rings is 1. The van der Waals surface area contributed by atoms with E-state index in [0.717, 1.165) is 52.4 Å². The van der Waals surface area contributed by atoms with Crippen molar-refractivity contribution in [2.75, 3.05) is 25.2 Å². The van der Waals surface area contributed by atoms with Crippen LogP contribution in [0.25, 0.3) is 11.2 Å². The van der Waals surface area contributed by atoms with Gasteiger partial charge in [0, 0.05) is 25.4 Å². The van der Waals surface area contributed by atoms with Crippen LogP contribution < -0.4 is 9.64 Å². The summed E-state index contributed by atoms with van der Waals surface area (Å²) in [6, 6.07) is 8.07. The van der Waals surface area contributed by atoms with E-state index in [1.54, 1.807) is 25.1 Å². The van der Waals surface area contributed by atoms with Crippen LogP contribution in [0.3, 0.4) is 0 Å². The van der Waals surface area contributed by atoms with Gasteiger partial charge in [0.05, 0.1) is 19.9 Å². The molecule has 0 saturated carbocycles. The van der Waals surface area contributed by atoms with Gasteiger partial charge in [0.15, 0.2) is 22.1 Å². The third-order valence-electron chi connectivity index (χ3n) is 4.67. The zero-order valence-corrected chi connectivity index (χ0v) is 17.1. The number of nitrogens with zero attached hydrogens (tertiary/aromatic N) is 5. The van der Waals surface area contributed by atoms with E-state index >= 15 is 0 Å². The summed E-state index contributed by atoms with van der Waals surface area (Å²) in [4.78, 5) is 16.5. The molecule has 3 aromatic rings. The van der Waals surface area contributed by atoms with Gasteiger partial charge in [0.1, 0.15) is 18.2 Å². The van der Waals surface area contributed by atoms with E-state index < -0.39 is 0 Å². The van der Waals surface area contributed by atoms with Crippen LogP contribution in [-0.2, 0) is 24.0 Å². The van der Waals surface area contributed by atoms with E-state index in [1.165, 1.54) is 5.56 Å². The summed E-state index contributed by atoms with van der Waals surface area (Å²) in [5.74, 6) is 3.47. The smallest absolute Gasteiger partial charge is 0.191 e. The molecule has 1 aliphatic rings. The second kappa shape index (κ2) is 8.10. The van der Waals surface area contributed by atoms with Crippen molar-refractivity contribution in [3.63, 3.8) is 0 Å². The van der Waals surface area contributed by atoms with Crippen molar-refractivity contribution in [3.05, 3.63) is 48.1 Å². The topological polar surface area (TPSA) is 65.3 Å². The number of aryl methyl sites for hydroxylation is 2. The molecule has 4 rings (SSSR count). The molecule has 28 heavy (non-hydrogen) atoms. The Morgan fingerprint density at radius 1 is 1.18 bits per heavy atom. The lowest BCUT2D eigenvalue weighted by molar-refractivity contribution is 0.245. The Kier molecular flexibility index (Phi) is 5.38. The number of rotatable bonds is 6. The first-order chi connectivity index (χ1) is 13.7. The Morgan fingerprint density at radius 3 is 2.68 bits per heavy atom. The zero-order chi connectivity index (χ0) is 19.5. The maximum absolute atomic E-state index is 5.33. The third kappa shape index (κ3) is 3.64. The zero-order valence-electron chi connectivity index (χ0n) is 16.3. The molecule has 0 radical (unpaired) electrons. The number of ether oxygens (including phenoxy) is 2. The van der Waals surface area contributed by atoms with Crippen molar-refractivity contribution < 1.29 is 9.47 Å². The van der Waals surface area contributed by atoms with Gasteiger partial charge >= 0.3 is 0 Å². The quantitative estimate of drug-likeness (QED) is 0.466. The minimum absolute atomic E-state index is 0.629. The van der Waals surface area contributed by atoms with E-state index in [2.05, 4.69) is 28.5 Å². The van der Waals surface area contributed by atoms with Gasteiger partial charge in [-0.25, -0.2) is 15.0 Å². The van der Waals surface area contributed by atoms with Crippen molar-refractivity contribution in [1.82, 2.24) is 19.5 Å². The number of hydrogen-bond acceptors (Lipinski definition) is 7. The Hall–Kier alpha value is -2.74. The average Bonchev–Trinajstić information content (AvgIpc) is 3.08. The Balaban J connectivity index is 1.68. The molecule has 0 atom stereocenters. The summed E-state index contributed by atoms with van der Waals surface area (Å²) in [6.45, 7) is 3.47. The lowest BCUT2D eigenvalue weighted by atomic mass is 10.2. The van der Waals surface area contributed by atoms with Crippen LogP contribution in [0.15, 0.2) is 41.9 Å². The highest BCUT2D eigenvalue weighted by molar-refractivity contribution is 7.98. The van der Waals surface area contributed by atoms with Crippen LogP contribution in [0, 0.1) is 0 Å². The summed E-state index contributed by atoms with van der Waals surface area (Å²) < 4.78 is 12.6. The first-order valence-electron chi connectivity index (χ1n) is 9.23. The molecular weight excluding hydrogens is 374 g/mol. The fraction of sp³-hybridized carbons (Fsp3) is 0.350. The molecule has 0 unspecified atom stereocenters. The first-order valence-corrected chi connectivity index (χ1v) is 10.2. The lowest BCUT2D eigenvalue weighted by Gasteiger charge is -2.22. The third-order valence-corrected chi connectivity index (χ3v) is 5.59. The number of benzene rings is 1. The monoisotopic (exact) mass is 397 g/mol. The first kappa shape index (κ1) is 18.6. The van der Waals surface area contributed by atoms with E-state index in [9.17, 15) is 0 Å². The fourth-order valence-electron chi connectivity index (χ4n) is 3.11. The Labute approximate surface area is 168 Å². The van der Waals surface area contributed by atoms with Crippen LogP contribution in [0.1, 0.15) is 18.3 Å². The highest BCUT2D eigenvalue weighted by atomic mass is 32.2. The highest BCUT2D eigenvalue weighted by Crippen LogP contribution is 2.29. The molecule has 1 aromatic carbocycles. The maximum Gasteiger partial charge on any atom is 0.191 e. The number of methoxy groups -OCH3 is 1. The van der Waals surface area contributed by atoms with Crippen molar-refractivity contribution in [3.8, 4) is 5.75 Å². The molecule has 0 saturated heterocycles. The number of thioether (sulfide) groups is 1. The lowest BCUT2D eigenvalue weighted by Crippen LogP contribution is -2.25. The van der Waals surface area contributed by atoms with Crippen LogP contribution in [-0.4, -0.2) is 39.8 Å². The molecule has 2 aromatic heterocycles. The molecule has 8 heteroatoms. The van der Waals surface area contributed by atoms with E-state index in [1.807, 2.05) is 25.4 Å². The van der Waals surface area contributed by atoms with Crippen LogP contribution in [0.5, 0.6) is 5.75 Å². The average molecular weight is 398 g/mol. The van der Waals surface area contributed by atoms with Crippen LogP contribution in [0.4, 0.5) is 5.82 Å². The van der Waals surface area contributed by atoms with Gasteiger partial charge in [0.2, 0.25) is 0 Å². The Morgan fingerprint density at radius 2 is 2.00 bits per heavy atom. The number of hydrogen-bond donors (Lipinski definition) is 0. The van der Waals surface area contributed by atoms with Gasteiger partial charge in [-0.1, -0.05) is 30.8 Å². The van der Waals surface area contributed by atoms with Gasteiger partial charge < -0.3 is 18.9 Å². The summed E-state index contributed by atoms with van der Waals surface area (Å²) in [5, 5.41) is 0.740. The molecule has 0 aliphatic carbocycles. The van der Waals surface area contributed by atoms with Gasteiger partial charge in [0.25, 0.3) is 0 Å². The summed E-state index contributed by atoms with van der Waals surface area (Å²) in [5.41, 5.74) is 2.89. The fourth-order valence-corrected chi connectivity index (χ4v) is 3.90. The minimum Gasteiger partial charge on any atom is -0.498 e. The second-order valence-corrected chi connectivity index (χ2v) is 7.37. The normalized spacial score (nSPS) is 13.8. The SMILES string of the molecule is CCc1nc2c(N3C=COCC3)nc(SCc3ccc(OC)cc3)nc2n1C. The number of aromatic nitrogens is 4.